The molecule has 2 rings (SSSR count). The Bertz CT molecular complexity index is 610. The highest BCUT2D eigenvalue weighted by Crippen LogP contribution is 2.27. The second-order valence-corrected chi connectivity index (χ2v) is 6.40. The Morgan fingerprint density at radius 2 is 2.00 bits per heavy atom. The fourth-order valence-electron chi connectivity index (χ4n) is 2.43. The van der Waals surface area contributed by atoms with E-state index in [-0.39, 0.29) is 11.9 Å². The quantitative estimate of drug-likeness (QED) is 0.738. The number of nitrogens with one attached hydrogen (secondary N) is 1. The van der Waals surface area contributed by atoms with Crippen LogP contribution in [0.4, 0.5) is 4.39 Å². The van der Waals surface area contributed by atoms with Crippen LogP contribution < -0.4 is 5.32 Å². The molecule has 0 aliphatic carbocycles. The molecular weight excluding hydrogens is 353 g/mol. The van der Waals surface area contributed by atoms with E-state index < -0.39 is 0 Å². The lowest BCUT2D eigenvalue weighted by molar-refractivity contribution is 0.547. The van der Waals surface area contributed by atoms with Crippen LogP contribution in [0.15, 0.2) is 40.9 Å². The van der Waals surface area contributed by atoms with Gasteiger partial charge in [-0.3, -0.25) is 0 Å². The minimum atomic E-state index is -0.232. The van der Waals surface area contributed by atoms with Crippen molar-refractivity contribution in [3.8, 4) is 0 Å². The van der Waals surface area contributed by atoms with Crippen molar-refractivity contribution in [2.75, 3.05) is 6.54 Å². The fourth-order valence-corrected chi connectivity index (χ4v) is 3.24. The van der Waals surface area contributed by atoms with Crippen LogP contribution in [0, 0.1) is 12.7 Å². The third-order valence-electron chi connectivity index (χ3n) is 3.36. The topological polar surface area (TPSA) is 12.0 Å². The highest BCUT2D eigenvalue weighted by atomic mass is 79.9. The molecule has 1 unspecified atom stereocenters. The van der Waals surface area contributed by atoms with Crippen molar-refractivity contribution in [3.63, 3.8) is 0 Å². The maximum atomic E-state index is 13.2. The largest absolute Gasteiger partial charge is 0.310 e. The SMILES string of the molecule is CCNC(Cc1ccc(F)cc1Br)c1cc(C)cc(Cl)c1. The van der Waals surface area contributed by atoms with E-state index >= 15 is 0 Å². The normalized spacial score (nSPS) is 12.4. The first-order valence-corrected chi connectivity index (χ1v) is 8.11. The van der Waals surface area contributed by atoms with Gasteiger partial charge in [-0.2, -0.15) is 0 Å². The van der Waals surface area contributed by atoms with Crippen molar-refractivity contribution in [2.24, 2.45) is 0 Å². The molecule has 1 atom stereocenters. The van der Waals surface area contributed by atoms with Gasteiger partial charge >= 0.3 is 0 Å². The van der Waals surface area contributed by atoms with E-state index in [1.54, 1.807) is 0 Å². The van der Waals surface area contributed by atoms with Crippen molar-refractivity contribution in [1.29, 1.82) is 0 Å². The molecule has 0 aliphatic rings. The molecule has 0 heterocycles. The van der Waals surface area contributed by atoms with Gasteiger partial charge in [0, 0.05) is 15.5 Å². The van der Waals surface area contributed by atoms with Crippen molar-refractivity contribution in [2.45, 2.75) is 26.3 Å². The molecule has 0 saturated heterocycles. The lowest BCUT2D eigenvalue weighted by Crippen LogP contribution is -2.23. The van der Waals surface area contributed by atoms with Gasteiger partial charge in [0.15, 0.2) is 0 Å². The monoisotopic (exact) mass is 369 g/mol. The Balaban J connectivity index is 2.30. The third-order valence-corrected chi connectivity index (χ3v) is 4.31. The van der Waals surface area contributed by atoms with Crippen LogP contribution in [0.5, 0.6) is 0 Å². The summed E-state index contributed by atoms with van der Waals surface area (Å²) in [6.45, 7) is 4.96. The van der Waals surface area contributed by atoms with Gasteiger partial charge in [0.1, 0.15) is 5.82 Å². The second kappa shape index (κ2) is 7.39. The number of benzene rings is 2. The van der Waals surface area contributed by atoms with Crippen molar-refractivity contribution < 1.29 is 4.39 Å². The minimum absolute atomic E-state index is 0.147. The standard InChI is InChI=1S/C17H18BrClFN/c1-3-21-17(13-6-11(2)7-14(19)8-13)9-12-4-5-15(20)10-16(12)18/h4-8,10,17,21H,3,9H2,1-2H3. The lowest BCUT2D eigenvalue weighted by Gasteiger charge is -2.20. The summed E-state index contributed by atoms with van der Waals surface area (Å²) in [7, 11) is 0. The van der Waals surface area contributed by atoms with E-state index in [9.17, 15) is 4.39 Å². The predicted molar refractivity (Wildman–Crippen MR) is 90.4 cm³/mol. The minimum Gasteiger partial charge on any atom is -0.310 e. The van der Waals surface area contributed by atoms with Gasteiger partial charge < -0.3 is 5.32 Å². The van der Waals surface area contributed by atoms with Crippen LogP contribution in [0.25, 0.3) is 0 Å². The average molecular weight is 371 g/mol. The van der Waals surface area contributed by atoms with Gasteiger partial charge in [-0.05, 0) is 60.8 Å². The molecule has 2 aromatic carbocycles. The smallest absolute Gasteiger partial charge is 0.124 e. The summed E-state index contributed by atoms with van der Waals surface area (Å²) in [5, 5.41) is 4.21. The zero-order valence-corrected chi connectivity index (χ0v) is 14.4. The zero-order valence-electron chi connectivity index (χ0n) is 12.1. The van der Waals surface area contributed by atoms with Gasteiger partial charge in [-0.25, -0.2) is 4.39 Å². The van der Waals surface area contributed by atoms with Crippen LogP contribution in [0.3, 0.4) is 0 Å². The molecule has 112 valence electrons. The van der Waals surface area contributed by atoms with Crippen LogP contribution in [-0.2, 0) is 6.42 Å². The summed E-state index contributed by atoms with van der Waals surface area (Å²) in [6.07, 6.45) is 0.772. The molecule has 0 aliphatic heterocycles. The number of rotatable bonds is 5. The highest BCUT2D eigenvalue weighted by Gasteiger charge is 2.14. The summed E-state index contributed by atoms with van der Waals surface area (Å²) in [6, 6.07) is 11.0. The van der Waals surface area contributed by atoms with Gasteiger partial charge in [-0.1, -0.05) is 46.6 Å². The summed E-state index contributed by atoms with van der Waals surface area (Å²) in [5.74, 6) is -0.232. The number of hydrogen-bond donors (Lipinski definition) is 1. The first-order chi connectivity index (χ1) is 9.99. The number of hydrogen-bond acceptors (Lipinski definition) is 1. The van der Waals surface area contributed by atoms with Gasteiger partial charge in [0.2, 0.25) is 0 Å². The predicted octanol–water partition coefficient (Wildman–Crippen LogP) is 5.44. The Hall–Kier alpha value is -0.900. The number of aryl methyl sites for hydroxylation is 1. The van der Waals surface area contributed by atoms with Crippen molar-refractivity contribution in [1.82, 2.24) is 5.32 Å². The zero-order chi connectivity index (χ0) is 15.4. The fraction of sp³-hybridized carbons (Fsp3) is 0.294. The maximum absolute atomic E-state index is 13.2. The second-order valence-electron chi connectivity index (χ2n) is 5.11. The average Bonchev–Trinajstić information content (AvgIpc) is 2.40. The molecule has 0 spiro atoms. The first-order valence-electron chi connectivity index (χ1n) is 6.94. The third kappa shape index (κ3) is 4.53. The van der Waals surface area contributed by atoms with E-state index in [0.717, 1.165) is 39.2 Å². The van der Waals surface area contributed by atoms with Crippen LogP contribution >= 0.6 is 27.5 Å². The summed E-state index contributed by atoms with van der Waals surface area (Å²) in [5.41, 5.74) is 3.36. The van der Waals surface area contributed by atoms with Crippen molar-refractivity contribution in [3.05, 3.63) is 68.4 Å². The summed E-state index contributed by atoms with van der Waals surface area (Å²) >= 11 is 9.60. The Labute approximate surface area is 138 Å². The Morgan fingerprint density at radius 3 is 2.62 bits per heavy atom. The van der Waals surface area contributed by atoms with Crippen LogP contribution in [0.1, 0.15) is 29.7 Å². The van der Waals surface area contributed by atoms with Crippen molar-refractivity contribution >= 4 is 27.5 Å². The first kappa shape index (κ1) is 16.5. The molecule has 4 heteroatoms. The van der Waals surface area contributed by atoms with E-state index in [2.05, 4.69) is 34.2 Å². The maximum Gasteiger partial charge on any atom is 0.124 e. The lowest BCUT2D eigenvalue weighted by atomic mass is 9.97. The molecule has 21 heavy (non-hydrogen) atoms. The molecule has 1 N–H and O–H groups in total. The van der Waals surface area contributed by atoms with E-state index in [4.69, 9.17) is 11.6 Å². The van der Waals surface area contributed by atoms with E-state index in [1.165, 1.54) is 12.1 Å². The molecule has 0 aromatic heterocycles. The van der Waals surface area contributed by atoms with Gasteiger partial charge in [0.25, 0.3) is 0 Å². The number of likely N-dealkylation sites (N-methyl/N-ethyl adjacent to an activating group) is 1. The summed E-state index contributed by atoms with van der Waals surface area (Å²) in [4.78, 5) is 0. The molecule has 0 fully saturated rings. The van der Waals surface area contributed by atoms with Gasteiger partial charge in [-0.15, -0.1) is 0 Å². The molecule has 0 saturated carbocycles. The highest BCUT2D eigenvalue weighted by molar-refractivity contribution is 9.10. The molecule has 2 aromatic rings. The Morgan fingerprint density at radius 1 is 1.24 bits per heavy atom. The number of halogens is 3. The van der Waals surface area contributed by atoms with Crippen LogP contribution in [0.2, 0.25) is 5.02 Å². The van der Waals surface area contributed by atoms with E-state index in [1.807, 2.05) is 25.1 Å². The van der Waals surface area contributed by atoms with Crippen LogP contribution in [-0.4, -0.2) is 6.54 Å². The Kier molecular flexibility index (Phi) is 5.80. The van der Waals surface area contributed by atoms with E-state index in [0.29, 0.717) is 0 Å². The molecule has 0 radical (unpaired) electrons. The molecule has 0 bridgehead atoms. The molecular formula is C17H18BrClFN. The van der Waals surface area contributed by atoms with Gasteiger partial charge in [0.05, 0.1) is 0 Å². The molecule has 1 nitrogen and oxygen atoms in total. The summed E-state index contributed by atoms with van der Waals surface area (Å²) < 4.78 is 14.0. The molecule has 0 amide bonds.